The summed E-state index contributed by atoms with van der Waals surface area (Å²) in [6.07, 6.45) is 0. The molecular formula is C18H25NO4. The van der Waals surface area contributed by atoms with Gasteiger partial charge in [0.25, 0.3) is 0 Å². The van der Waals surface area contributed by atoms with E-state index in [-0.39, 0.29) is 5.76 Å². The fraction of sp³-hybridized carbons (Fsp3) is 0.500. The SMILES string of the molecule is CCOCc1ccc2oc(C(=O)OCCN(CC)CC)cc2c1. The third-order valence-electron chi connectivity index (χ3n) is 3.79. The summed E-state index contributed by atoms with van der Waals surface area (Å²) >= 11 is 0. The molecule has 23 heavy (non-hydrogen) atoms. The molecule has 0 aliphatic carbocycles. The van der Waals surface area contributed by atoms with Crippen LogP contribution >= 0.6 is 0 Å². The first-order valence-electron chi connectivity index (χ1n) is 8.17. The van der Waals surface area contributed by atoms with Crippen molar-refractivity contribution in [1.82, 2.24) is 4.90 Å². The Balaban J connectivity index is 1.97. The molecule has 0 saturated heterocycles. The van der Waals surface area contributed by atoms with E-state index in [4.69, 9.17) is 13.9 Å². The molecule has 0 saturated carbocycles. The highest BCUT2D eigenvalue weighted by atomic mass is 16.5. The minimum Gasteiger partial charge on any atom is -0.458 e. The lowest BCUT2D eigenvalue weighted by atomic mass is 10.2. The molecule has 126 valence electrons. The Hall–Kier alpha value is -1.85. The van der Waals surface area contributed by atoms with Crippen LogP contribution in [0.15, 0.2) is 28.7 Å². The summed E-state index contributed by atoms with van der Waals surface area (Å²) in [5, 5.41) is 0.887. The highest BCUT2D eigenvalue weighted by molar-refractivity contribution is 5.92. The van der Waals surface area contributed by atoms with Gasteiger partial charge in [0.2, 0.25) is 5.76 Å². The van der Waals surface area contributed by atoms with E-state index in [2.05, 4.69) is 18.7 Å². The molecule has 2 aromatic rings. The van der Waals surface area contributed by atoms with Crippen LogP contribution in [0.25, 0.3) is 11.0 Å². The number of hydrogen-bond acceptors (Lipinski definition) is 5. The van der Waals surface area contributed by atoms with Gasteiger partial charge in [-0.15, -0.1) is 0 Å². The fourth-order valence-electron chi connectivity index (χ4n) is 2.38. The first kappa shape index (κ1) is 17.5. The van der Waals surface area contributed by atoms with Gasteiger partial charge < -0.3 is 18.8 Å². The minimum atomic E-state index is -0.417. The van der Waals surface area contributed by atoms with Gasteiger partial charge in [0.05, 0.1) is 6.61 Å². The van der Waals surface area contributed by atoms with E-state index in [0.29, 0.717) is 25.4 Å². The lowest BCUT2D eigenvalue weighted by Crippen LogP contribution is -2.27. The maximum absolute atomic E-state index is 12.1. The number of carbonyl (C=O) groups excluding carboxylic acids is 1. The van der Waals surface area contributed by atoms with Gasteiger partial charge in [-0.1, -0.05) is 19.9 Å². The molecule has 1 heterocycles. The van der Waals surface area contributed by atoms with Gasteiger partial charge in [-0.05, 0) is 43.8 Å². The van der Waals surface area contributed by atoms with Gasteiger partial charge in [0.1, 0.15) is 12.2 Å². The number of ether oxygens (including phenoxy) is 2. The van der Waals surface area contributed by atoms with E-state index in [1.807, 2.05) is 25.1 Å². The monoisotopic (exact) mass is 319 g/mol. The van der Waals surface area contributed by atoms with Gasteiger partial charge in [-0.3, -0.25) is 0 Å². The van der Waals surface area contributed by atoms with Crippen LogP contribution in [0.1, 0.15) is 36.9 Å². The largest absolute Gasteiger partial charge is 0.458 e. The number of esters is 1. The molecule has 2 rings (SSSR count). The highest BCUT2D eigenvalue weighted by Gasteiger charge is 2.14. The summed E-state index contributed by atoms with van der Waals surface area (Å²) < 4.78 is 16.3. The maximum Gasteiger partial charge on any atom is 0.374 e. The Morgan fingerprint density at radius 2 is 1.96 bits per heavy atom. The topological polar surface area (TPSA) is 51.9 Å². The van der Waals surface area contributed by atoms with Crippen molar-refractivity contribution >= 4 is 16.9 Å². The average Bonchev–Trinajstić information content (AvgIpc) is 3.00. The van der Waals surface area contributed by atoms with Crippen molar-refractivity contribution in [3.8, 4) is 0 Å². The smallest absolute Gasteiger partial charge is 0.374 e. The van der Waals surface area contributed by atoms with Crippen LogP contribution in [-0.4, -0.2) is 43.7 Å². The Labute approximate surface area is 137 Å². The maximum atomic E-state index is 12.1. The molecule has 0 aliphatic rings. The lowest BCUT2D eigenvalue weighted by Gasteiger charge is -2.17. The van der Waals surface area contributed by atoms with E-state index < -0.39 is 5.97 Å². The normalized spacial score (nSPS) is 11.3. The third kappa shape index (κ3) is 4.81. The number of hydrogen-bond donors (Lipinski definition) is 0. The number of fused-ring (bicyclic) bond motifs is 1. The van der Waals surface area contributed by atoms with Crippen LogP contribution < -0.4 is 0 Å². The van der Waals surface area contributed by atoms with Crippen molar-refractivity contribution in [1.29, 1.82) is 0 Å². The van der Waals surface area contributed by atoms with E-state index in [9.17, 15) is 4.79 Å². The molecule has 0 spiro atoms. The molecule has 0 atom stereocenters. The summed E-state index contributed by atoms with van der Waals surface area (Å²) in [6.45, 7) is 10.4. The predicted molar refractivity (Wildman–Crippen MR) is 89.6 cm³/mol. The zero-order valence-electron chi connectivity index (χ0n) is 14.1. The van der Waals surface area contributed by atoms with Gasteiger partial charge in [-0.25, -0.2) is 4.79 Å². The molecule has 0 fully saturated rings. The van der Waals surface area contributed by atoms with Crippen molar-refractivity contribution in [2.24, 2.45) is 0 Å². The van der Waals surface area contributed by atoms with Gasteiger partial charge in [0.15, 0.2) is 0 Å². The standard InChI is InChI=1S/C18H25NO4/c1-4-19(5-2)9-10-22-18(20)17-12-15-11-14(13-21-6-3)7-8-16(15)23-17/h7-8,11-12H,4-6,9-10,13H2,1-3H3. The van der Waals surface area contributed by atoms with Gasteiger partial charge in [-0.2, -0.15) is 0 Å². The summed E-state index contributed by atoms with van der Waals surface area (Å²) in [5.41, 5.74) is 1.74. The zero-order chi connectivity index (χ0) is 16.7. The molecule has 0 aliphatic heterocycles. The minimum absolute atomic E-state index is 0.244. The number of rotatable bonds is 9. The number of nitrogens with zero attached hydrogens (tertiary/aromatic N) is 1. The van der Waals surface area contributed by atoms with E-state index >= 15 is 0 Å². The molecule has 0 bridgehead atoms. The molecule has 0 amide bonds. The molecule has 0 N–H and O–H groups in total. The van der Waals surface area contributed by atoms with Crippen molar-refractivity contribution in [3.63, 3.8) is 0 Å². The Bertz CT molecular complexity index is 631. The van der Waals surface area contributed by atoms with Crippen molar-refractivity contribution in [2.75, 3.05) is 32.8 Å². The van der Waals surface area contributed by atoms with Crippen LogP contribution in [0.2, 0.25) is 0 Å². The third-order valence-corrected chi connectivity index (χ3v) is 3.79. The Morgan fingerprint density at radius 3 is 2.65 bits per heavy atom. The van der Waals surface area contributed by atoms with Crippen molar-refractivity contribution in [3.05, 3.63) is 35.6 Å². The molecule has 0 unspecified atom stereocenters. The van der Waals surface area contributed by atoms with Crippen LogP contribution in [0, 0.1) is 0 Å². The predicted octanol–water partition coefficient (Wildman–Crippen LogP) is 3.47. The number of benzene rings is 1. The van der Waals surface area contributed by atoms with Crippen molar-refractivity contribution < 1.29 is 18.7 Å². The van der Waals surface area contributed by atoms with Crippen LogP contribution in [0.5, 0.6) is 0 Å². The molecule has 5 nitrogen and oxygen atoms in total. The number of likely N-dealkylation sites (N-methyl/N-ethyl adjacent to an activating group) is 1. The second-order valence-electron chi connectivity index (χ2n) is 5.28. The molecule has 0 radical (unpaired) electrons. The lowest BCUT2D eigenvalue weighted by molar-refractivity contribution is 0.0433. The second kappa shape index (κ2) is 8.70. The quantitative estimate of drug-likeness (QED) is 0.662. The molecule has 1 aromatic heterocycles. The number of furan rings is 1. The summed E-state index contributed by atoms with van der Waals surface area (Å²) in [7, 11) is 0. The average molecular weight is 319 g/mol. The first-order valence-corrected chi connectivity index (χ1v) is 8.17. The second-order valence-corrected chi connectivity index (χ2v) is 5.28. The van der Waals surface area contributed by atoms with Crippen LogP contribution in [0.3, 0.4) is 0 Å². The van der Waals surface area contributed by atoms with Gasteiger partial charge >= 0.3 is 5.97 Å². The first-order chi connectivity index (χ1) is 11.2. The molecule has 5 heteroatoms. The van der Waals surface area contributed by atoms with Crippen LogP contribution in [0.4, 0.5) is 0 Å². The van der Waals surface area contributed by atoms with E-state index in [1.165, 1.54) is 0 Å². The molecular weight excluding hydrogens is 294 g/mol. The summed E-state index contributed by atoms with van der Waals surface area (Å²) in [6, 6.07) is 7.50. The molecule has 1 aromatic carbocycles. The Kier molecular flexibility index (Phi) is 6.62. The van der Waals surface area contributed by atoms with E-state index in [1.54, 1.807) is 6.07 Å². The zero-order valence-corrected chi connectivity index (χ0v) is 14.1. The van der Waals surface area contributed by atoms with Crippen LogP contribution in [-0.2, 0) is 16.1 Å². The summed E-state index contributed by atoms with van der Waals surface area (Å²) in [4.78, 5) is 14.3. The summed E-state index contributed by atoms with van der Waals surface area (Å²) in [5.74, 6) is -0.173. The van der Waals surface area contributed by atoms with E-state index in [0.717, 1.165) is 30.6 Å². The van der Waals surface area contributed by atoms with Gasteiger partial charge in [0, 0.05) is 18.5 Å². The van der Waals surface area contributed by atoms with Crippen molar-refractivity contribution in [2.45, 2.75) is 27.4 Å². The number of carbonyl (C=O) groups is 1. The Morgan fingerprint density at radius 1 is 1.17 bits per heavy atom. The fourth-order valence-corrected chi connectivity index (χ4v) is 2.38. The highest BCUT2D eigenvalue weighted by Crippen LogP contribution is 2.21.